The first-order chi connectivity index (χ1) is 9.68. The van der Waals surface area contributed by atoms with Gasteiger partial charge in [-0.25, -0.2) is 17.9 Å². The molecule has 1 aliphatic rings. The quantitative estimate of drug-likeness (QED) is 0.767. The van der Waals surface area contributed by atoms with Crippen molar-refractivity contribution in [3.05, 3.63) is 14.7 Å². The lowest BCUT2D eigenvalue weighted by molar-refractivity contribution is 0.0656. The van der Waals surface area contributed by atoms with Crippen LogP contribution in [0.25, 0.3) is 0 Å². The van der Waals surface area contributed by atoms with Gasteiger partial charge in [-0.05, 0) is 55.4 Å². The smallest absolute Gasteiger partial charge is 0.345 e. The second-order valence-electron chi connectivity index (χ2n) is 5.35. The number of halogens is 1. The van der Waals surface area contributed by atoms with Crippen LogP contribution >= 0.6 is 27.3 Å². The van der Waals surface area contributed by atoms with Gasteiger partial charge in [0.05, 0.1) is 3.79 Å². The van der Waals surface area contributed by atoms with Crippen LogP contribution in [-0.2, 0) is 10.0 Å². The van der Waals surface area contributed by atoms with E-state index in [2.05, 4.69) is 20.7 Å². The Morgan fingerprint density at radius 3 is 2.52 bits per heavy atom. The predicted molar refractivity (Wildman–Crippen MR) is 84.4 cm³/mol. The van der Waals surface area contributed by atoms with Crippen LogP contribution in [0.3, 0.4) is 0 Å². The predicted octanol–water partition coefficient (Wildman–Crippen LogP) is 1.97. The van der Waals surface area contributed by atoms with Crippen molar-refractivity contribution < 1.29 is 18.3 Å². The zero-order valence-electron chi connectivity index (χ0n) is 11.7. The summed E-state index contributed by atoms with van der Waals surface area (Å²) in [5.74, 6) is -1.13. The Morgan fingerprint density at radius 1 is 1.52 bits per heavy atom. The number of carboxylic acids is 1. The van der Waals surface area contributed by atoms with Crippen molar-refractivity contribution in [3.8, 4) is 0 Å². The van der Waals surface area contributed by atoms with Gasteiger partial charge in [0, 0.05) is 12.1 Å². The maximum absolute atomic E-state index is 12.4. The average molecular weight is 397 g/mol. The second-order valence-corrected chi connectivity index (χ2v) is 9.46. The van der Waals surface area contributed by atoms with E-state index in [1.54, 1.807) is 0 Å². The van der Waals surface area contributed by atoms with Gasteiger partial charge in [0.25, 0.3) is 0 Å². The summed E-state index contributed by atoms with van der Waals surface area (Å²) in [6, 6.07) is 1.18. The molecule has 9 heteroatoms. The SMILES string of the molecule is CN(C)C1(CNS(=O)(=O)c2cc(C(=O)O)sc2Br)CCC1. The van der Waals surface area contributed by atoms with E-state index in [-0.39, 0.29) is 15.3 Å². The molecule has 6 nitrogen and oxygen atoms in total. The normalized spacial score (nSPS) is 17.7. The summed E-state index contributed by atoms with van der Waals surface area (Å²) in [6.45, 7) is 0.326. The van der Waals surface area contributed by atoms with Gasteiger partial charge in [0.1, 0.15) is 9.77 Å². The zero-order valence-corrected chi connectivity index (χ0v) is 14.9. The lowest BCUT2D eigenvalue weighted by Gasteiger charge is -2.47. The third-order valence-electron chi connectivity index (χ3n) is 3.98. The molecule has 118 valence electrons. The molecule has 0 bridgehead atoms. The summed E-state index contributed by atoms with van der Waals surface area (Å²) in [5, 5.41) is 8.94. The van der Waals surface area contributed by atoms with E-state index >= 15 is 0 Å². The Balaban J connectivity index is 2.17. The maximum atomic E-state index is 12.4. The summed E-state index contributed by atoms with van der Waals surface area (Å²) >= 11 is 4.02. The highest BCUT2D eigenvalue weighted by atomic mass is 79.9. The summed E-state index contributed by atoms with van der Waals surface area (Å²) in [6.07, 6.45) is 2.99. The molecular formula is C12H17BrN2O4S2. The average Bonchev–Trinajstić information content (AvgIpc) is 2.70. The molecule has 1 aromatic rings. The van der Waals surface area contributed by atoms with Gasteiger partial charge in [0.15, 0.2) is 0 Å². The van der Waals surface area contributed by atoms with Crippen LogP contribution in [0.4, 0.5) is 0 Å². The van der Waals surface area contributed by atoms with E-state index in [0.717, 1.165) is 30.6 Å². The van der Waals surface area contributed by atoms with E-state index in [1.165, 1.54) is 6.07 Å². The van der Waals surface area contributed by atoms with Gasteiger partial charge in [-0.3, -0.25) is 0 Å². The summed E-state index contributed by atoms with van der Waals surface area (Å²) in [5.41, 5.74) is -0.134. The molecule has 21 heavy (non-hydrogen) atoms. The molecule has 0 amide bonds. The van der Waals surface area contributed by atoms with Gasteiger partial charge in [-0.1, -0.05) is 0 Å². The second kappa shape index (κ2) is 5.96. The third kappa shape index (κ3) is 3.31. The van der Waals surface area contributed by atoms with Crippen molar-refractivity contribution in [2.24, 2.45) is 0 Å². The van der Waals surface area contributed by atoms with Crippen LogP contribution in [0.15, 0.2) is 14.7 Å². The van der Waals surface area contributed by atoms with Gasteiger partial charge in [0.2, 0.25) is 10.0 Å². The minimum atomic E-state index is -3.72. The number of rotatable bonds is 6. The largest absolute Gasteiger partial charge is 0.477 e. The molecule has 0 unspecified atom stereocenters. The molecule has 1 aliphatic carbocycles. The Labute approximate surface area is 136 Å². The molecule has 0 atom stereocenters. The van der Waals surface area contributed by atoms with E-state index in [1.807, 2.05) is 19.0 Å². The molecule has 2 rings (SSSR count). The number of hydrogen-bond donors (Lipinski definition) is 2. The van der Waals surface area contributed by atoms with Crippen molar-refractivity contribution in [1.82, 2.24) is 9.62 Å². The first-order valence-electron chi connectivity index (χ1n) is 6.38. The number of nitrogens with zero attached hydrogens (tertiary/aromatic N) is 1. The Morgan fingerprint density at radius 2 is 2.14 bits per heavy atom. The number of nitrogens with one attached hydrogen (secondary N) is 1. The number of carbonyl (C=O) groups is 1. The minimum Gasteiger partial charge on any atom is -0.477 e. The van der Waals surface area contributed by atoms with Crippen LogP contribution in [0.2, 0.25) is 0 Å². The summed E-state index contributed by atoms with van der Waals surface area (Å²) in [4.78, 5) is 12.9. The number of likely N-dealkylation sites (N-methyl/N-ethyl adjacent to an activating group) is 1. The maximum Gasteiger partial charge on any atom is 0.345 e. The van der Waals surface area contributed by atoms with Crippen LogP contribution < -0.4 is 4.72 Å². The molecule has 2 N–H and O–H groups in total. The number of aromatic carboxylic acids is 1. The lowest BCUT2D eigenvalue weighted by atomic mass is 9.76. The molecule has 0 radical (unpaired) electrons. The third-order valence-corrected chi connectivity index (χ3v) is 7.62. The van der Waals surface area contributed by atoms with Crippen molar-refractivity contribution in [3.63, 3.8) is 0 Å². The van der Waals surface area contributed by atoms with Crippen molar-refractivity contribution in [1.29, 1.82) is 0 Å². The van der Waals surface area contributed by atoms with Gasteiger partial charge >= 0.3 is 5.97 Å². The van der Waals surface area contributed by atoms with E-state index in [0.29, 0.717) is 10.3 Å². The molecule has 1 saturated carbocycles. The molecule has 0 aliphatic heterocycles. The summed E-state index contributed by atoms with van der Waals surface area (Å²) < 4.78 is 27.6. The highest BCUT2D eigenvalue weighted by Gasteiger charge is 2.40. The van der Waals surface area contributed by atoms with E-state index < -0.39 is 16.0 Å². The van der Waals surface area contributed by atoms with Crippen molar-refractivity contribution >= 4 is 43.3 Å². The first-order valence-corrected chi connectivity index (χ1v) is 9.47. The number of hydrogen-bond acceptors (Lipinski definition) is 5. The Hall–Kier alpha value is -0.480. The fourth-order valence-electron chi connectivity index (χ4n) is 2.31. The number of thiophene rings is 1. The minimum absolute atomic E-state index is 0.00628. The van der Waals surface area contributed by atoms with Gasteiger partial charge in [-0.15, -0.1) is 11.3 Å². The van der Waals surface area contributed by atoms with Crippen LogP contribution in [0.1, 0.15) is 28.9 Å². The topological polar surface area (TPSA) is 86.7 Å². The fraction of sp³-hybridized carbons (Fsp3) is 0.583. The fourth-order valence-corrected chi connectivity index (χ4v) is 5.84. The van der Waals surface area contributed by atoms with E-state index in [9.17, 15) is 13.2 Å². The Bertz CT molecular complexity index is 650. The van der Waals surface area contributed by atoms with Gasteiger partial charge in [-0.2, -0.15) is 0 Å². The molecule has 1 aromatic heterocycles. The standard InChI is InChI=1S/C12H17BrN2O4S2/c1-15(2)12(4-3-5-12)7-14-21(18,19)9-6-8(11(16)17)20-10(9)13/h6,14H,3-5,7H2,1-2H3,(H,16,17). The Kier molecular flexibility index (Phi) is 4.79. The number of carboxylic acid groups (broad SMARTS) is 1. The molecule has 0 aromatic carbocycles. The zero-order chi connectivity index (χ0) is 15.8. The lowest BCUT2D eigenvalue weighted by Crippen LogP contribution is -2.57. The molecule has 0 saturated heterocycles. The van der Waals surface area contributed by atoms with Crippen molar-refractivity contribution in [2.45, 2.75) is 29.7 Å². The highest BCUT2D eigenvalue weighted by Crippen LogP contribution is 2.36. The molecule has 0 spiro atoms. The van der Waals surface area contributed by atoms with E-state index in [4.69, 9.17) is 5.11 Å². The van der Waals surface area contributed by atoms with Gasteiger partial charge < -0.3 is 10.0 Å². The molecule has 1 heterocycles. The first kappa shape index (κ1) is 16.9. The van der Waals surface area contributed by atoms with Crippen LogP contribution in [-0.4, -0.2) is 50.6 Å². The van der Waals surface area contributed by atoms with Crippen molar-refractivity contribution in [2.75, 3.05) is 20.6 Å². The monoisotopic (exact) mass is 396 g/mol. The highest BCUT2D eigenvalue weighted by molar-refractivity contribution is 9.11. The van der Waals surface area contributed by atoms with Crippen LogP contribution in [0.5, 0.6) is 0 Å². The summed E-state index contributed by atoms with van der Waals surface area (Å²) in [7, 11) is 0.159. The molecular weight excluding hydrogens is 380 g/mol. The molecule has 1 fully saturated rings. The van der Waals surface area contributed by atoms with Crippen LogP contribution in [0, 0.1) is 0 Å². The number of sulfonamides is 1.